The number of carboxylic acid groups (broad SMARTS) is 1. The van der Waals surface area contributed by atoms with Gasteiger partial charge in [0.25, 0.3) is 0 Å². The number of hydrogen-bond acceptors (Lipinski definition) is 7. The number of hydrogen-bond donors (Lipinski definition) is 4. The number of aromatic hydroxyl groups is 3. The molecule has 0 aliphatic heterocycles. The molecule has 0 unspecified atom stereocenters. The van der Waals surface area contributed by atoms with Crippen molar-refractivity contribution in [1.82, 2.24) is 0 Å². The largest absolute Gasteiger partial charge is 0.504 e. The highest BCUT2D eigenvalue weighted by atomic mass is 16.4. The highest BCUT2D eigenvalue weighted by Crippen LogP contribution is 2.42. The van der Waals surface area contributed by atoms with E-state index in [1.54, 1.807) is 0 Å². The first kappa shape index (κ1) is 18.8. The van der Waals surface area contributed by atoms with Crippen molar-refractivity contribution < 1.29 is 34.4 Å². The summed E-state index contributed by atoms with van der Waals surface area (Å²) >= 11 is 0. The Balaban J connectivity index is 2.17. The lowest BCUT2D eigenvalue weighted by Crippen LogP contribution is -2.35. The number of nitrogens with zero attached hydrogens (tertiary/aromatic N) is 1. The van der Waals surface area contributed by atoms with E-state index in [-0.39, 0.29) is 34.4 Å². The second-order valence-corrected chi connectivity index (χ2v) is 5.85. The molecule has 0 saturated heterocycles. The van der Waals surface area contributed by atoms with E-state index in [2.05, 4.69) is 0 Å². The molecule has 0 spiro atoms. The zero-order valence-electron chi connectivity index (χ0n) is 14.5. The van der Waals surface area contributed by atoms with E-state index >= 15 is 0 Å². The molecule has 1 heterocycles. The minimum Gasteiger partial charge on any atom is -0.504 e. The van der Waals surface area contributed by atoms with Crippen LogP contribution in [-0.4, -0.2) is 32.4 Å². The van der Waals surface area contributed by atoms with E-state index in [1.165, 1.54) is 31.2 Å². The summed E-state index contributed by atoms with van der Waals surface area (Å²) in [6.07, 6.45) is -1.52. The Labute approximate surface area is 157 Å². The average molecular weight is 385 g/mol. The van der Waals surface area contributed by atoms with Gasteiger partial charge >= 0.3 is 6.09 Å². The summed E-state index contributed by atoms with van der Waals surface area (Å²) < 4.78 is 5.58. The van der Waals surface area contributed by atoms with E-state index in [4.69, 9.17) is 4.42 Å². The van der Waals surface area contributed by atoms with Gasteiger partial charge in [-0.1, -0.05) is 6.92 Å². The third-order valence-corrected chi connectivity index (χ3v) is 4.11. The Morgan fingerprint density at radius 2 is 1.75 bits per heavy atom. The maximum atomic E-state index is 12.5. The number of carbonyl (C=O) groups is 2. The molecule has 2 aromatic carbocycles. The molecular formula is C19H15NO8. The molecule has 0 aliphatic carbocycles. The zero-order valence-corrected chi connectivity index (χ0v) is 14.5. The van der Waals surface area contributed by atoms with Crippen LogP contribution < -0.4 is 10.3 Å². The van der Waals surface area contributed by atoms with Crippen LogP contribution in [0.3, 0.4) is 0 Å². The molecule has 0 aliphatic rings. The van der Waals surface area contributed by atoms with E-state index in [0.29, 0.717) is 4.90 Å². The summed E-state index contributed by atoms with van der Waals surface area (Å²) in [5.41, 5.74) is -0.504. The first-order valence-corrected chi connectivity index (χ1v) is 8.12. The molecule has 3 aromatic rings. The molecule has 28 heavy (non-hydrogen) atoms. The summed E-state index contributed by atoms with van der Waals surface area (Å²) in [6.45, 7) is 1.51. The number of anilines is 1. The number of fused-ring (bicyclic) bond motifs is 1. The van der Waals surface area contributed by atoms with Gasteiger partial charge in [0, 0.05) is 12.5 Å². The third-order valence-electron chi connectivity index (χ3n) is 4.11. The van der Waals surface area contributed by atoms with Gasteiger partial charge in [0.2, 0.25) is 11.7 Å². The van der Waals surface area contributed by atoms with Crippen molar-refractivity contribution in [2.24, 2.45) is 0 Å². The van der Waals surface area contributed by atoms with Crippen LogP contribution in [-0.2, 0) is 4.79 Å². The maximum absolute atomic E-state index is 12.5. The molecule has 3 rings (SSSR count). The topological polar surface area (TPSA) is 149 Å². The van der Waals surface area contributed by atoms with Crippen LogP contribution in [0.5, 0.6) is 17.2 Å². The van der Waals surface area contributed by atoms with Crippen LogP contribution in [0.15, 0.2) is 45.6 Å². The fraction of sp³-hybridized carbons (Fsp3) is 0.105. The standard InChI is InChI=1S/C19H15NO8/c1-2-16(23)20(19(26)27)9-3-6-14-11(7-9)13(22)8-15(28-14)10-4-5-12(21)18(25)17(10)24/h3-8,21,24-25H,2H2,1H3,(H,26,27). The van der Waals surface area contributed by atoms with E-state index < -0.39 is 34.7 Å². The van der Waals surface area contributed by atoms with Gasteiger partial charge in [-0.05, 0) is 30.3 Å². The quantitative estimate of drug-likeness (QED) is 0.503. The predicted molar refractivity (Wildman–Crippen MR) is 98.7 cm³/mol. The van der Waals surface area contributed by atoms with Gasteiger partial charge < -0.3 is 24.8 Å². The van der Waals surface area contributed by atoms with Crippen molar-refractivity contribution in [2.75, 3.05) is 4.90 Å². The summed E-state index contributed by atoms with van der Waals surface area (Å²) in [7, 11) is 0. The summed E-state index contributed by atoms with van der Waals surface area (Å²) in [5, 5.41) is 38.3. The molecule has 4 N–H and O–H groups in total. The molecule has 9 nitrogen and oxygen atoms in total. The fourth-order valence-electron chi connectivity index (χ4n) is 2.70. The Hall–Kier alpha value is -4.01. The fourth-order valence-corrected chi connectivity index (χ4v) is 2.70. The minimum atomic E-state index is -1.48. The van der Waals surface area contributed by atoms with Gasteiger partial charge in [0.1, 0.15) is 11.3 Å². The van der Waals surface area contributed by atoms with Crippen LogP contribution in [0, 0.1) is 0 Å². The number of rotatable bonds is 3. The molecule has 1 aromatic heterocycles. The lowest BCUT2D eigenvalue weighted by atomic mass is 10.1. The van der Waals surface area contributed by atoms with Crippen LogP contribution in [0.4, 0.5) is 10.5 Å². The highest BCUT2D eigenvalue weighted by molar-refractivity contribution is 6.12. The lowest BCUT2D eigenvalue weighted by Gasteiger charge is -2.17. The number of phenolic OH excluding ortho intramolecular Hbond substituents is 3. The van der Waals surface area contributed by atoms with Gasteiger partial charge in [0.15, 0.2) is 16.9 Å². The average Bonchev–Trinajstić information content (AvgIpc) is 2.66. The number of carbonyl (C=O) groups excluding carboxylic acids is 1. The molecule has 144 valence electrons. The summed E-state index contributed by atoms with van der Waals surface area (Å²) in [4.78, 5) is 36.3. The molecule has 9 heteroatoms. The Morgan fingerprint density at radius 3 is 2.39 bits per heavy atom. The molecular weight excluding hydrogens is 370 g/mol. The monoisotopic (exact) mass is 385 g/mol. The predicted octanol–water partition coefficient (Wildman–Crippen LogP) is 3.00. The molecule has 2 amide bonds. The van der Waals surface area contributed by atoms with Gasteiger partial charge in [-0.25, -0.2) is 9.69 Å². The molecule has 0 atom stereocenters. The minimum absolute atomic E-state index is 0.00275. The number of imide groups is 1. The number of amides is 2. The Morgan fingerprint density at radius 1 is 1.04 bits per heavy atom. The van der Waals surface area contributed by atoms with Crippen LogP contribution in [0.2, 0.25) is 0 Å². The lowest BCUT2D eigenvalue weighted by molar-refractivity contribution is -0.117. The van der Waals surface area contributed by atoms with E-state index in [9.17, 15) is 34.8 Å². The third kappa shape index (κ3) is 3.09. The second-order valence-electron chi connectivity index (χ2n) is 5.85. The molecule has 0 bridgehead atoms. The number of phenols is 3. The molecule has 0 fully saturated rings. The molecule has 0 saturated carbocycles. The van der Waals surface area contributed by atoms with E-state index in [1.807, 2.05) is 0 Å². The zero-order chi connectivity index (χ0) is 20.6. The maximum Gasteiger partial charge on any atom is 0.418 e. The van der Waals surface area contributed by atoms with Crippen LogP contribution in [0.1, 0.15) is 13.3 Å². The van der Waals surface area contributed by atoms with Gasteiger partial charge in [-0.3, -0.25) is 9.59 Å². The highest BCUT2D eigenvalue weighted by Gasteiger charge is 2.22. The van der Waals surface area contributed by atoms with Crippen molar-refractivity contribution in [3.63, 3.8) is 0 Å². The van der Waals surface area contributed by atoms with Crippen LogP contribution in [0.25, 0.3) is 22.3 Å². The van der Waals surface area contributed by atoms with Crippen LogP contribution >= 0.6 is 0 Å². The SMILES string of the molecule is CCC(=O)N(C(=O)O)c1ccc2oc(-c3ccc(O)c(O)c3O)cc(=O)c2c1. The molecule has 0 radical (unpaired) electrons. The van der Waals surface area contributed by atoms with Crippen molar-refractivity contribution in [3.05, 3.63) is 46.6 Å². The first-order valence-electron chi connectivity index (χ1n) is 8.12. The second kappa shape index (κ2) is 6.95. The van der Waals surface area contributed by atoms with Crippen molar-refractivity contribution in [1.29, 1.82) is 0 Å². The smallest absolute Gasteiger partial charge is 0.418 e. The van der Waals surface area contributed by atoms with Gasteiger partial charge in [0.05, 0.1) is 16.6 Å². The van der Waals surface area contributed by atoms with Crippen molar-refractivity contribution in [3.8, 4) is 28.6 Å². The van der Waals surface area contributed by atoms with Crippen molar-refractivity contribution in [2.45, 2.75) is 13.3 Å². The van der Waals surface area contributed by atoms with Gasteiger partial charge in [-0.15, -0.1) is 0 Å². The summed E-state index contributed by atoms with van der Waals surface area (Å²) in [6, 6.07) is 7.29. The Bertz CT molecular complexity index is 1160. The van der Waals surface area contributed by atoms with Crippen molar-refractivity contribution >= 4 is 28.7 Å². The normalized spacial score (nSPS) is 10.8. The first-order chi connectivity index (χ1) is 13.2. The Kier molecular flexibility index (Phi) is 4.66. The summed E-state index contributed by atoms with van der Waals surface area (Å²) in [5.74, 6) is -2.69. The number of benzene rings is 2. The van der Waals surface area contributed by atoms with E-state index in [0.717, 1.165) is 12.1 Å². The van der Waals surface area contributed by atoms with Gasteiger partial charge in [-0.2, -0.15) is 0 Å².